The van der Waals surface area contributed by atoms with Gasteiger partial charge in [0, 0.05) is 11.1 Å². The molecule has 0 heterocycles. The fraction of sp³-hybridized carbons (Fsp3) is 0.435. The molecule has 0 atom stereocenters. The number of rotatable bonds is 3. The number of nitrogens with zero attached hydrogens (tertiary/aromatic N) is 1. The number of hydrogen-bond donors (Lipinski definition) is 1. The van der Waals surface area contributed by atoms with E-state index in [1.165, 1.54) is 24.3 Å². The van der Waals surface area contributed by atoms with Crippen molar-refractivity contribution in [2.24, 2.45) is 5.16 Å². The predicted molar refractivity (Wildman–Crippen MR) is 108 cm³/mol. The number of ether oxygens (including phenoxy) is 1. The van der Waals surface area contributed by atoms with Gasteiger partial charge in [-0.15, -0.1) is 0 Å². The first-order chi connectivity index (χ1) is 13.0. The Hall–Kier alpha value is -2.43. The third kappa shape index (κ3) is 3.17. The molecule has 3 nitrogen and oxygen atoms in total. The molecule has 28 heavy (non-hydrogen) atoms. The number of aryl methyl sites for hydroxylation is 1. The number of methoxy groups -OCH3 is 1. The average molecular weight is 387 g/mol. The minimum absolute atomic E-state index is 0.0193. The topological polar surface area (TPSA) is 41.8 Å². The number of benzene rings is 2. The second kappa shape index (κ2) is 6.87. The van der Waals surface area contributed by atoms with E-state index in [9.17, 15) is 8.78 Å². The molecule has 0 spiro atoms. The minimum atomic E-state index is -1.10. The van der Waals surface area contributed by atoms with E-state index in [0.717, 1.165) is 30.2 Å². The SMILES string of the molecule is COc1c(-c2cc3c(cc2C)C(C)(C)CCC3(C)C)cc(C=NO)c(F)c1F. The lowest BCUT2D eigenvalue weighted by atomic mass is 9.62. The Balaban J connectivity index is 2.34. The Morgan fingerprint density at radius 1 is 0.964 bits per heavy atom. The lowest BCUT2D eigenvalue weighted by molar-refractivity contribution is 0.321. The van der Waals surface area contributed by atoms with Gasteiger partial charge in [-0.05, 0) is 65.0 Å². The normalized spacial score (nSPS) is 17.6. The molecule has 0 amide bonds. The summed E-state index contributed by atoms with van der Waals surface area (Å²) >= 11 is 0. The van der Waals surface area contributed by atoms with Crippen LogP contribution in [0.25, 0.3) is 11.1 Å². The summed E-state index contributed by atoms with van der Waals surface area (Å²) in [5.74, 6) is -2.34. The number of halogens is 2. The molecule has 0 saturated carbocycles. The van der Waals surface area contributed by atoms with E-state index in [2.05, 4.69) is 45.0 Å². The van der Waals surface area contributed by atoms with Gasteiger partial charge < -0.3 is 9.94 Å². The summed E-state index contributed by atoms with van der Waals surface area (Å²) in [5, 5.41) is 11.7. The first-order valence-corrected chi connectivity index (χ1v) is 9.43. The maximum absolute atomic E-state index is 14.6. The first kappa shape index (κ1) is 20.3. The Morgan fingerprint density at radius 3 is 2.07 bits per heavy atom. The molecule has 0 unspecified atom stereocenters. The lowest BCUT2D eigenvalue weighted by Crippen LogP contribution is -2.34. The highest BCUT2D eigenvalue weighted by Gasteiger charge is 2.37. The van der Waals surface area contributed by atoms with E-state index in [1.54, 1.807) is 0 Å². The van der Waals surface area contributed by atoms with Crippen molar-refractivity contribution >= 4 is 6.21 Å². The summed E-state index contributed by atoms with van der Waals surface area (Å²) in [6.45, 7) is 10.9. The van der Waals surface area contributed by atoms with Crippen LogP contribution in [0.1, 0.15) is 62.8 Å². The summed E-state index contributed by atoms with van der Waals surface area (Å²) in [7, 11) is 1.32. The van der Waals surface area contributed by atoms with E-state index in [-0.39, 0.29) is 22.1 Å². The lowest BCUT2D eigenvalue weighted by Gasteiger charge is -2.42. The highest BCUT2D eigenvalue weighted by atomic mass is 19.2. The highest BCUT2D eigenvalue weighted by molar-refractivity contribution is 5.86. The molecule has 0 bridgehead atoms. The van der Waals surface area contributed by atoms with Crippen LogP contribution in [0.2, 0.25) is 0 Å². The molecule has 0 radical (unpaired) electrons. The molecule has 0 aromatic heterocycles. The van der Waals surface area contributed by atoms with E-state index in [4.69, 9.17) is 9.94 Å². The summed E-state index contributed by atoms with van der Waals surface area (Å²) in [6, 6.07) is 5.71. The monoisotopic (exact) mass is 387 g/mol. The van der Waals surface area contributed by atoms with Crippen molar-refractivity contribution in [2.75, 3.05) is 7.11 Å². The van der Waals surface area contributed by atoms with Crippen LogP contribution in [0.5, 0.6) is 5.75 Å². The van der Waals surface area contributed by atoms with Crippen molar-refractivity contribution in [2.45, 2.75) is 58.3 Å². The molecule has 5 heteroatoms. The molecule has 0 aliphatic heterocycles. The molecule has 150 valence electrons. The van der Waals surface area contributed by atoms with Crippen molar-refractivity contribution in [1.82, 2.24) is 0 Å². The third-order valence-electron chi connectivity index (χ3n) is 6.08. The van der Waals surface area contributed by atoms with Crippen LogP contribution >= 0.6 is 0 Å². The maximum Gasteiger partial charge on any atom is 0.201 e. The van der Waals surface area contributed by atoms with Crippen molar-refractivity contribution in [3.05, 3.63) is 52.1 Å². The van der Waals surface area contributed by atoms with Gasteiger partial charge in [0.1, 0.15) is 0 Å². The van der Waals surface area contributed by atoms with E-state index in [0.29, 0.717) is 5.56 Å². The number of oxime groups is 1. The van der Waals surface area contributed by atoms with Gasteiger partial charge in [-0.25, -0.2) is 4.39 Å². The van der Waals surface area contributed by atoms with Crippen molar-refractivity contribution in [3.63, 3.8) is 0 Å². The Morgan fingerprint density at radius 2 is 1.54 bits per heavy atom. The van der Waals surface area contributed by atoms with Crippen molar-refractivity contribution in [3.8, 4) is 16.9 Å². The first-order valence-electron chi connectivity index (χ1n) is 9.43. The molecular formula is C23H27F2NO2. The Labute approximate surface area is 165 Å². The molecule has 1 N–H and O–H groups in total. The van der Waals surface area contributed by atoms with E-state index < -0.39 is 11.6 Å². The summed E-state index contributed by atoms with van der Waals surface area (Å²) < 4.78 is 34.1. The van der Waals surface area contributed by atoms with Gasteiger partial charge in [0.2, 0.25) is 5.82 Å². The second-order valence-corrected chi connectivity index (χ2v) is 8.90. The van der Waals surface area contributed by atoms with E-state index in [1.807, 2.05) is 6.92 Å². The molecule has 0 saturated heterocycles. The summed E-state index contributed by atoms with van der Waals surface area (Å²) in [6.07, 6.45) is 3.03. The molecule has 2 aromatic carbocycles. The smallest absolute Gasteiger partial charge is 0.201 e. The largest absolute Gasteiger partial charge is 0.493 e. The maximum atomic E-state index is 14.6. The molecule has 0 fully saturated rings. The van der Waals surface area contributed by atoms with Gasteiger partial charge >= 0.3 is 0 Å². The molecular weight excluding hydrogens is 360 g/mol. The highest BCUT2D eigenvalue weighted by Crippen LogP contribution is 2.48. The summed E-state index contributed by atoms with van der Waals surface area (Å²) in [5.41, 5.74) is 4.60. The zero-order chi connectivity index (χ0) is 20.9. The van der Waals surface area contributed by atoms with Crippen molar-refractivity contribution < 1.29 is 18.7 Å². The minimum Gasteiger partial charge on any atom is -0.493 e. The van der Waals surface area contributed by atoms with Crippen LogP contribution < -0.4 is 4.74 Å². The van der Waals surface area contributed by atoms with Crippen LogP contribution in [0, 0.1) is 18.6 Å². The summed E-state index contributed by atoms with van der Waals surface area (Å²) in [4.78, 5) is 0. The average Bonchev–Trinajstić information content (AvgIpc) is 2.63. The molecule has 1 aliphatic rings. The fourth-order valence-electron chi connectivity index (χ4n) is 4.20. The fourth-order valence-corrected chi connectivity index (χ4v) is 4.20. The zero-order valence-electron chi connectivity index (χ0n) is 17.3. The number of fused-ring (bicyclic) bond motifs is 1. The third-order valence-corrected chi connectivity index (χ3v) is 6.08. The van der Waals surface area contributed by atoms with Crippen molar-refractivity contribution in [1.29, 1.82) is 0 Å². The molecule has 3 rings (SSSR count). The number of hydrogen-bond acceptors (Lipinski definition) is 3. The standard InChI is InChI=1S/C23H27F2NO2/c1-13-9-17-18(23(4,5)8-7-22(17,2)3)11-15(13)16-10-14(12-26-27)19(24)20(25)21(16)28-6/h9-12,27H,7-8H2,1-6H3. The van der Waals surface area contributed by atoms with Gasteiger partial charge in [-0.1, -0.05) is 38.9 Å². The molecule has 1 aliphatic carbocycles. The van der Waals surface area contributed by atoms with Gasteiger partial charge in [0.15, 0.2) is 11.6 Å². The van der Waals surface area contributed by atoms with Crippen LogP contribution in [0.3, 0.4) is 0 Å². The van der Waals surface area contributed by atoms with Crippen LogP contribution in [0.4, 0.5) is 8.78 Å². The van der Waals surface area contributed by atoms with Gasteiger partial charge in [-0.3, -0.25) is 0 Å². The second-order valence-electron chi connectivity index (χ2n) is 8.90. The van der Waals surface area contributed by atoms with Crippen LogP contribution in [-0.4, -0.2) is 18.5 Å². The zero-order valence-corrected chi connectivity index (χ0v) is 17.3. The predicted octanol–water partition coefficient (Wildman–Crippen LogP) is 6.11. The van der Waals surface area contributed by atoms with Crippen LogP contribution in [-0.2, 0) is 10.8 Å². The van der Waals surface area contributed by atoms with E-state index >= 15 is 0 Å². The Bertz CT molecular complexity index is 962. The quantitative estimate of drug-likeness (QED) is 0.392. The van der Waals surface area contributed by atoms with Crippen LogP contribution in [0.15, 0.2) is 23.4 Å². The van der Waals surface area contributed by atoms with Gasteiger partial charge in [0.25, 0.3) is 0 Å². The van der Waals surface area contributed by atoms with Gasteiger partial charge in [0.05, 0.1) is 13.3 Å². The Kier molecular flexibility index (Phi) is 4.98. The molecule has 2 aromatic rings. The van der Waals surface area contributed by atoms with Gasteiger partial charge in [-0.2, -0.15) is 4.39 Å².